The van der Waals surface area contributed by atoms with E-state index in [-0.39, 0.29) is 5.75 Å². The number of carboxylic acid groups (broad SMARTS) is 1. The van der Waals surface area contributed by atoms with Crippen LogP contribution in [0.4, 0.5) is 0 Å². The van der Waals surface area contributed by atoms with Crippen molar-refractivity contribution in [2.24, 2.45) is 0 Å². The predicted octanol–water partition coefficient (Wildman–Crippen LogP) is 2.71. The number of carbonyl (C=O) groups is 2. The number of aliphatic carboxylic acids is 1. The third-order valence-electron chi connectivity index (χ3n) is 2.61. The summed E-state index contributed by atoms with van der Waals surface area (Å²) in [4.78, 5) is 22.2. The standard InChI is InChI=1S/C16H12O5/c17-13-6-4-12(5-7-13)16(20)21-14-8-1-11(2-9-14)3-10-15(18)19/h1-10,17H,(H,18,19)/b10-3+. The first-order chi connectivity index (χ1) is 10.0. The number of hydrogen-bond acceptors (Lipinski definition) is 4. The maximum Gasteiger partial charge on any atom is 0.343 e. The summed E-state index contributed by atoms with van der Waals surface area (Å²) in [6.07, 6.45) is 2.46. The van der Waals surface area contributed by atoms with Gasteiger partial charge in [-0.15, -0.1) is 0 Å². The summed E-state index contributed by atoms with van der Waals surface area (Å²) in [5, 5.41) is 17.7. The molecule has 5 heteroatoms. The van der Waals surface area contributed by atoms with Gasteiger partial charge in [0.25, 0.3) is 0 Å². The Morgan fingerprint density at radius 1 is 0.952 bits per heavy atom. The zero-order valence-corrected chi connectivity index (χ0v) is 10.9. The highest BCUT2D eigenvalue weighted by Gasteiger charge is 2.08. The van der Waals surface area contributed by atoms with Crippen molar-refractivity contribution in [3.8, 4) is 11.5 Å². The first-order valence-electron chi connectivity index (χ1n) is 6.07. The maximum absolute atomic E-state index is 11.8. The first kappa shape index (κ1) is 14.3. The van der Waals surface area contributed by atoms with Crippen LogP contribution in [0, 0.1) is 0 Å². The highest BCUT2D eigenvalue weighted by atomic mass is 16.5. The Bertz CT molecular complexity index is 669. The molecule has 0 atom stereocenters. The van der Waals surface area contributed by atoms with E-state index < -0.39 is 11.9 Å². The number of aromatic hydroxyl groups is 1. The molecular formula is C16H12O5. The van der Waals surface area contributed by atoms with Gasteiger partial charge in [-0.1, -0.05) is 12.1 Å². The Kier molecular flexibility index (Phi) is 4.36. The third kappa shape index (κ3) is 4.21. The lowest BCUT2D eigenvalue weighted by molar-refractivity contribution is -0.131. The number of rotatable bonds is 4. The van der Waals surface area contributed by atoms with Crippen LogP contribution in [-0.2, 0) is 4.79 Å². The van der Waals surface area contributed by atoms with Crippen LogP contribution in [0.5, 0.6) is 11.5 Å². The highest BCUT2D eigenvalue weighted by molar-refractivity contribution is 5.91. The van der Waals surface area contributed by atoms with Gasteiger partial charge in [0.15, 0.2) is 0 Å². The number of ether oxygens (including phenoxy) is 1. The number of carbonyl (C=O) groups excluding carboxylic acids is 1. The van der Waals surface area contributed by atoms with Crippen molar-refractivity contribution in [3.63, 3.8) is 0 Å². The number of phenolic OH excluding ortho intramolecular Hbond substituents is 1. The van der Waals surface area contributed by atoms with Crippen molar-refractivity contribution in [2.75, 3.05) is 0 Å². The molecule has 0 fully saturated rings. The molecule has 0 aliphatic rings. The van der Waals surface area contributed by atoms with Crippen LogP contribution in [0.15, 0.2) is 54.6 Å². The van der Waals surface area contributed by atoms with Gasteiger partial charge in [0, 0.05) is 6.08 Å². The Hall–Kier alpha value is -3.08. The van der Waals surface area contributed by atoms with Gasteiger partial charge < -0.3 is 14.9 Å². The molecule has 2 aromatic rings. The molecule has 106 valence electrons. The second kappa shape index (κ2) is 6.38. The Morgan fingerprint density at radius 3 is 2.14 bits per heavy atom. The summed E-state index contributed by atoms with van der Waals surface area (Å²) < 4.78 is 5.16. The molecule has 0 aromatic heterocycles. The van der Waals surface area contributed by atoms with Gasteiger partial charge in [0.05, 0.1) is 5.56 Å². The second-order valence-electron chi connectivity index (χ2n) is 4.18. The van der Waals surface area contributed by atoms with Crippen LogP contribution in [0.1, 0.15) is 15.9 Å². The minimum atomic E-state index is -1.03. The number of hydrogen-bond donors (Lipinski definition) is 2. The molecule has 0 radical (unpaired) electrons. The molecule has 0 heterocycles. The molecule has 0 aliphatic heterocycles. The molecular weight excluding hydrogens is 272 g/mol. The quantitative estimate of drug-likeness (QED) is 0.512. The van der Waals surface area contributed by atoms with E-state index in [4.69, 9.17) is 14.9 Å². The lowest BCUT2D eigenvalue weighted by atomic mass is 10.2. The van der Waals surface area contributed by atoms with E-state index in [1.54, 1.807) is 24.3 Å². The SMILES string of the molecule is O=C(O)/C=C/c1ccc(OC(=O)c2ccc(O)cc2)cc1. The zero-order valence-electron chi connectivity index (χ0n) is 10.9. The Labute approximate surface area is 120 Å². The molecule has 2 aromatic carbocycles. The Morgan fingerprint density at radius 2 is 1.57 bits per heavy atom. The van der Waals surface area contributed by atoms with Crippen LogP contribution < -0.4 is 4.74 Å². The number of carboxylic acids is 1. The van der Waals surface area contributed by atoms with E-state index in [0.717, 1.165) is 6.08 Å². The number of esters is 1. The van der Waals surface area contributed by atoms with E-state index in [1.165, 1.54) is 30.3 Å². The molecule has 21 heavy (non-hydrogen) atoms. The molecule has 5 nitrogen and oxygen atoms in total. The van der Waals surface area contributed by atoms with Crippen molar-refractivity contribution in [2.45, 2.75) is 0 Å². The van der Waals surface area contributed by atoms with Crippen LogP contribution in [-0.4, -0.2) is 22.2 Å². The van der Waals surface area contributed by atoms with Gasteiger partial charge in [-0.25, -0.2) is 9.59 Å². The van der Waals surface area contributed by atoms with Gasteiger partial charge >= 0.3 is 11.9 Å². The van der Waals surface area contributed by atoms with Gasteiger partial charge in [-0.3, -0.25) is 0 Å². The van der Waals surface area contributed by atoms with Gasteiger partial charge in [0.2, 0.25) is 0 Å². The lowest BCUT2D eigenvalue weighted by Crippen LogP contribution is -2.07. The van der Waals surface area contributed by atoms with Crippen LogP contribution >= 0.6 is 0 Å². The third-order valence-corrected chi connectivity index (χ3v) is 2.61. The fourth-order valence-electron chi connectivity index (χ4n) is 1.58. The number of phenols is 1. The van der Waals surface area contributed by atoms with Crippen molar-refractivity contribution in [1.29, 1.82) is 0 Å². The zero-order chi connectivity index (χ0) is 15.2. The first-order valence-corrected chi connectivity index (χ1v) is 6.07. The summed E-state index contributed by atoms with van der Waals surface area (Å²) in [6, 6.07) is 12.1. The molecule has 0 aliphatic carbocycles. The van der Waals surface area contributed by atoms with E-state index in [2.05, 4.69) is 0 Å². The smallest absolute Gasteiger partial charge is 0.343 e. The molecule has 2 rings (SSSR count). The highest BCUT2D eigenvalue weighted by Crippen LogP contribution is 2.16. The molecule has 0 amide bonds. The minimum absolute atomic E-state index is 0.0705. The summed E-state index contributed by atoms with van der Waals surface area (Å²) in [5.41, 5.74) is 1.00. The summed E-state index contributed by atoms with van der Waals surface area (Å²) >= 11 is 0. The van der Waals surface area contributed by atoms with Crippen LogP contribution in [0.2, 0.25) is 0 Å². The summed E-state index contributed by atoms with van der Waals surface area (Å²) in [5.74, 6) is -1.15. The van der Waals surface area contributed by atoms with Gasteiger partial charge in [-0.05, 0) is 48.0 Å². The van der Waals surface area contributed by atoms with Crippen molar-refractivity contribution < 1.29 is 24.5 Å². The second-order valence-corrected chi connectivity index (χ2v) is 4.18. The number of benzene rings is 2. The van der Waals surface area contributed by atoms with Crippen LogP contribution in [0.25, 0.3) is 6.08 Å². The molecule has 0 spiro atoms. The fourth-order valence-corrected chi connectivity index (χ4v) is 1.58. The van der Waals surface area contributed by atoms with Crippen molar-refractivity contribution in [3.05, 3.63) is 65.7 Å². The average Bonchev–Trinajstić information content (AvgIpc) is 2.47. The molecule has 0 bridgehead atoms. The van der Waals surface area contributed by atoms with Gasteiger partial charge in [0.1, 0.15) is 11.5 Å². The largest absolute Gasteiger partial charge is 0.508 e. The maximum atomic E-state index is 11.8. The predicted molar refractivity (Wildman–Crippen MR) is 76.2 cm³/mol. The Balaban J connectivity index is 2.04. The average molecular weight is 284 g/mol. The van der Waals surface area contributed by atoms with Gasteiger partial charge in [-0.2, -0.15) is 0 Å². The monoisotopic (exact) mass is 284 g/mol. The fraction of sp³-hybridized carbons (Fsp3) is 0. The lowest BCUT2D eigenvalue weighted by Gasteiger charge is -2.04. The normalized spacial score (nSPS) is 10.5. The van der Waals surface area contributed by atoms with E-state index in [1.807, 2.05) is 0 Å². The molecule has 2 N–H and O–H groups in total. The summed E-state index contributed by atoms with van der Waals surface area (Å²) in [7, 11) is 0. The molecule has 0 saturated carbocycles. The van der Waals surface area contributed by atoms with Crippen LogP contribution in [0.3, 0.4) is 0 Å². The molecule has 0 saturated heterocycles. The summed E-state index contributed by atoms with van der Waals surface area (Å²) in [6.45, 7) is 0. The molecule has 0 unspecified atom stereocenters. The van der Waals surface area contributed by atoms with Crippen molar-refractivity contribution in [1.82, 2.24) is 0 Å². The van der Waals surface area contributed by atoms with E-state index in [9.17, 15) is 9.59 Å². The van der Waals surface area contributed by atoms with Crippen molar-refractivity contribution >= 4 is 18.0 Å². The minimum Gasteiger partial charge on any atom is -0.508 e. The van der Waals surface area contributed by atoms with E-state index >= 15 is 0 Å². The van der Waals surface area contributed by atoms with E-state index in [0.29, 0.717) is 16.9 Å². The topological polar surface area (TPSA) is 83.8 Å².